The van der Waals surface area contributed by atoms with Gasteiger partial charge in [-0.2, -0.15) is 0 Å². The molecule has 146 valence electrons. The summed E-state index contributed by atoms with van der Waals surface area (Å²) in [6.07, 6.45) is 6.34. The molecular weight excluding hydrogens is 364 g/mol. The normalized spacial score (nSPS) is 11.2. The van der Waals surface area contributed by atoms with Crippen LogP contribution in [0.15, 0.2) is 33.2 Å². The van der Waals surface area contributed by atoms with Gasteiger partial charge in [0.2, 0.25) is 0 Å². The van der Waals surface area contributed by atoms with Gasteiger partial charge in [0.15, 0.2) is 5.69 Å². The number of hydrogen-bond acceptors (Lipinski definition) is 5. The molecule has 0 spiro atoms. The van der Waals surface area contributed by atoms with Crippen molar-refractivity contribution in [3.8, 4) is 0 Å². The summed E-state index contributed by atoms with van der Waals surface area (Å²) in [5, 5.41) is 1.92. The van der Waals surface area contributed by atoms with E-state index < -0.39 is 11.2 Å². The number of anilines is 2. The fraction of sp³-hybridized carbons (Fsp3) is 0.421. The highest BCUT2D eigenvalue weighted by molar-refractivity contribution is 7.10. The molecule has 0 aromatic carbocycles. The van der Waals surface area contributed by atoms with Gasteiger partial charge in [-0.15, -0.1) is 11.3 Å². The van der Waals surface area contributed by atoms with Gasteiger partial charge >= 0.3 is 5.69 Å². The average molecular weight is 391 g/mol. The van der Waals surface area contributed by atoms with Gasteiger partial charge in [0.1, 0.15) is 5.82 Å². The number of amides is 1. The van der Waals surface area contributed by atoms with E-state index >= 15 is 0 Å². The van der Waals surface area contributed by atoms with E-state index in [1.807, 2.05) is 31.4 Å². The molecule has 1 amide bonds. The van der Waals surface area contributed by atoms with Crippen molar-refractivity contribution in [2.75, 3.05) is 17.2 Å². The molecule has 2 aromatic heterocycles. The number of nitrogens with zero attached hydrogens (tertiary/aromatic N) is 2. The van der Waals surface area contributed by atoms with Crippen LogP contribution in [-0.4, -0.2) is 22.0 Å². The Labute approximate surface area is 162 Å². The average Bonchev–Trinajstić information content (AvgIpc) is 3.15. The van der Waals surface area contributed by atoms with Crippen molar-refractivity contribution in [3.63, 3.8) is 0 Å². The second kappa shape index (κ2) is 9.91. The number of hydrogen-bond donors (Lipinski definition) is 2. The van der Waals surface area contributed by atoms with E-state index in [1.165, 1.54) is 26.9 Å². The van der Waals surface area contributed by atoms with Crippen molar-refractivity contribution < 1.29 is 4.79 Å². The maximum Gasteiger partial charge on any atom is 0.330 e. The van der Waals surface area contributed by atoms with Crippen LogP contribution >= 0.6 is 11.3 Å². The van der Waals surface area contributed by atoms with E-state index in [0.29, 0.717) is 19.5 Å². The standard InChI is InChI=1S/C19H26N4O3S/c1-3-5-11-22(15(24)10-9-14-8-7-13-27-14)16-17(20)23(12-6-4-2)19(26)21-18(16)25/h7-10,13H,3-6,11-12,20H2,1-2H3,(H,21,25,26)/b10-9+. The molecule has 0 aliphatic rings. The van der Waals surface area contributed by atoms with E-state index in [2.05, 4.69) is 4.98 Å². The lowest BCUT2D eigenvalue weighted by Gasteiger charge is -2.23. The lowest BCUT2D eigenvalue weighted by molar-refractivity contribution is -0.114. The van der Waals surface area contributed by atoms with E-state index in [0.717, 1.165) is 24.1 Å². The molecule has 0 saturated heterocycles. The summed E-state index contributed by atoms with van der Waals surface area (Å²) in [6.45, 7) is 4.75. The second-order valence-corrected chi connectivity index (χ2v) is 7.17. The van der Waals surface area contributed by atoms with Crippen LogP contribution in [0.2, 0.25) is 0 Å². The predicted molar refractivity (Wildman–Crippen MR) is 111 cm³/mol. The van der Waals surface area contributed by atoms with Crippen molar-refractivity contribution in [2.24, 2.45) is 0 Å². The Morgan fingerprint density at radius 2 is 2.04 bits per heavy atom. The van der Waals surface area contributed by atoms with E-state index in [-0.39, 0.29) is 17.4 Å². The molecule has 7 nitrogen and oxygen atoms in total. The fourth-order valence-corrected chi connectivity index (χ4v) is 3.27. The SMILES string of the molecule is CCCCN(C(=O)/C=C/c1cccs1)c1c(N)n(CCCC)c(=O)[nH]c1=O. The largest absolute Gasteiger partial charge is 0.383 e. The second-order valence-electron chi connectivity index (χ2n) is 6.19. The molecule has 27 heavy (non-hydrogen) atoms. The summed E-state index contributed by atoms with van der Waals surface area (Å²) in [4.78, 5) is 42.0. The molecule has 0 fully saturated rings. The van der Waals surface area contributed by atoms with Gasteiger partial charge in [0, 0.05) is 24.0 Å². The Bertz CT molecular complexity index is 897. The summed E-state index contributed by atoms with van der Waals surface area (Å²) in [5.41, 5.74) is 5.01. The topological polar surface area (TPSA) is 101 Å². The molecule has 2 rings (SSSR count). The van der Waals surface area contributed by atoms with Crippen LogP contribution in [0.5, 0.6) is 0 Å². The number of nitrogens with one attached hydrogen (secondary N) is 1. The van der Waals surface area contributed by atoms with E-state index in [1.54, 1.807) is 6.08 Å². The third kappa shape index (κ3) is 5.19. The Balaban J connectivity index is 2.44. The van der Waals surface area contributed by atoms with Crippen LogP contribution in [0.1, 0.15) is 44.4 Å². The molecule has 0 unspecified atom stereocenters. The molecule has 0 radical (unpaired) electrons. The van der Waals surface area contributed by atoms with Gasteiger partial charge in [-0.3, -0.25) is 19.1 Å². The smallest absolute Gasteiger partial charge is 0.330 e. The highest BCUT2D eigenvalue weighted by atomic mass is 32.1. The van der Waals surface area contributed by atoms with Crippen molar-refractivity contribution in [1.82, 2.24) is 9.55 Å². The van der Waals surface area contributed by atoms with E-state index in [4.69, 9.17) is 5.73 Å². The van der Waals surface area contributed by atoms with Crippen LogP contribution < -0.4 is 21.9 Å². The molecule has 3 N–H and O–H groups in total. The zero-order valence-corrected chi connectivity index (χ0v) is 16.6. The van der Waals surface area contributed by atoms with Crippen molar-refractivity contribution in [2.45, 2.75) is 46.1 Å². The fourth-order valence-electron chi connectivity index (χ4n) is 2.65. The summed E-state index contributed by atoms with van der Waals surface area (Å²) < 4.78 is 1.33. The number of aromatic nitrogens is 2. The maximum absolute atomic E-state index is 12.8. The Hall–Kier alpha value is -2.61. The third-order valence-corrected chi connectivity index (χ3v) is 4.99. The number of thiophene rings is 1. The molecule has 0 bridgehead atoms. The number of nitrogen functional groups attached to an aromatic ring is 1. The summed E-state index contributed by atoms with van der Waals surface area (Å²) >= 11 is 1.51. The predicted octanol–water partition coefficient (Wildman–Crippen LogP) is 2.83. The number of carbonyl (C=O) groups excluding carboxylic acids is 1. The summed E-state index contributed by atoms with van der Waals surface area (Å²) in [6, 6.07) is 3.80. The molecule has 8 heteroatoms. The third-order valence-electron chi connectivity index (χ3n) is 4.15. The monoisotopic (exact) mass is 390 g/mol. The van der Waals surface area contributed by atoms with Gasteiger partial charge in [0.05, 0.1) is 0 Å². The van der Waals surface area contributed by atoms with Crippen LogP contribution in [0.4, 0.5) is 11.5 Å². The van der Waals surface area contributed by atoms with Gasteiger partial charge in [-0.1, -0.05) is 32.8 Å². The first-order valence-corrected chi connectivity index (χ1v) is 10.0. The van der Waals surface area contributed by atoms with Crippen LogP contribution in [0.3, 0.4) is 0 Å². The van der Waals surface area contributed by atoms with Gasteiger partial charge in [-0.05, 0) is 30.4 Å². The molecule has 0 saturated carbocycles. The molecule has 0 aliphatic carbocycles. The minimum atomic E-state index is -0.640. The molecule has 2 aromatic rings. The minimum Gasteiger partial charge on any atom is -0.383 e. The first-order chi connectivity index (χ1) is 13.0. The first-order valence-electron chi connectivity index (χ1n) is 9.15. The van der Waals surface area contributed by atoms with Crippen molar-refractivity contribution in [1.29, 1.82) is 0 Å². The number of unbranched alkanes of at least 4 members (excludes halogenated alkanes) is 2. The first kappa shape index (κ1) is 20.7. The summed E-state index contributed by atoms with van der Waals surface area (Å²) in [5.74, 6) is -0.305. The number of H-pyrrole nitrogens is 1. The molecule has 0 aliphatic heterocycles. The van der Waals surface area contributed by atoms with E-state index in [9.17, 15) is 14.4 Å². The lowest BCUT2D eigenvalue weighted by atomic mass is 10.2. The zero-order chi connectivity index (χ0) is 19.8. The Kier molecular flexibility index (Phi) is 7.60. The van der Waals surface area contributed by atoms with Gasteiger partial charge in [-0.25, -0.2) is 4.79 Å². The number of nitrogens with two attached hydrogens (primary N) is 1. The van der Waals surface area contributed by atoms with Crippen molar-refractivity contribution in [3.05, 3.63) is 49.3 Å². The number of carbonyl (C=O) groups is 1. The van der Waals surface area contributed by atoms with Crippen molar-refractivity contribution >= 4 is 34.8 Å². The van der Waals surface area contributed by atoms with Crippen LogP contribution in [-0.2, 0) is 11.3 Å². The number of aromatic amines is 1. The summed E-state index contributed by atoms with van der Waals surface area (Å²) in [7, 11) is 0. The van der Waals surface area contributed by atoms with Gasteiger partial charge in [0.25, 0.3) is 11.5 Å². The Morgan fingerprint density at radius 1 is 1.30 bits per heavy atom. The zero-order valence-electron chi connectivity index (χ0n) is 15.7. The number of rotatable bonds is 9. The molecular formula is C19H26N4O3S. The highest BCUT2D eigenvalue weighted by Gasteiger charge is 2.22. The van der Waals surface area contributed by atoms with Crippen LogP contribution in [0.25, 0.3) is 6.08 Å². The quantitative estimate of drug-likeness (QED) is 0.643. The van der Waals surface area contributed by atoms with Gasteiger partial charge < -0.3 is 10.6 Å². The highest BCUT2D eigenvalue weighted by Crippen LogP contribution is 2.19. The molecule has 2 heterocycles. The lowest BCUT2D eigenvalue weighted by Crippen LogP contribution is -2.41. The molecule has 0 atom stereocenters. The maximum atomic E-state index is 12.8. The minimum absolute atomic E-state index is 0.0335. The van der Waals surface area contributed by atoms with Crippen LogP contribution in [0, 0.1) is 0 Å². The Morgan fingerprint density at radius 3 is 2.67 bits per heavy atom.